The molecule has 1 unspecified atom stereocenters. The molecule has 1 aromatic rings. The Hall–Kier alpha value is -0.280. The van der Waals surface area contributed by atoms with Gasteiger partial charge in [-0.25, -0.2) is 0 Å². The first-order chi connectivity index (χ1) is 7.65. The zero-order valence-electron chi connectivity index (χ0n) is 10.4. The van der Waals surface area contributed by atoms with Crippen molar-refractivity contribution >= 4 is 24.0 Å². The summed E-state index contributed by atoms with van der Waals surface area (Å²) < 4.78 is 0. The maximum Gasteiger partial charge on any atom is 0.0435 e. The summed E-state index contributed by atoms with van der Waals surface area (Å²) in [6.07, 6.45) is 0. The van der Waals surface area contributed by atoms with Gasteiger partial charge in [0.15, 0.2) is 0 Å². The van der Waals surface area contributed by atoms with Crippen molar-refractivity contribution in [3.63, 3.8) is 0 Å². The molecule has 1 fully saturated rings. The van der Waals surface area contributed by atoms with Gasteiger partial charge in [0.1, 0.15) is 0 Å². The Bertz CT molecular complexity index is 368. The van der Waals surface area contributed by atoms with Crippen molar-refractivity contribution in [1.29, 1.82) is 0 Å². The fourth-order valence-electron chi connectivity index (χ4n) is 2.22. The van der Waals surface area contributed by atoms with E-state index in [1.54, 1.807) is 0 Å². The van der Waals surface area contributed by atoms with Crippen molar-refractivity contribution in [2.24, 2.45) is 0 Å². The molecule has 17 heavy (non-hydrogen) atoms. The van der Waals surface area contributed by atoms with Crippen molar-refractivity contribution < 1.29 is 0 Å². The van der Waals surface area contributed by atoms with Gasteiger partial charge in [-0.15, -0.1) is 12.4 Å². The van der Waals surface area contributed by atoms with Gasteiger partial charge in [-0.3, -0.25) is 4.90 Å². The lowest BCUT2D eigenvalue weighted by molar-refractivity contribution is 0.199. The minimum atomic E-state index is 0. The highest BCUT2D eigenvalue weighted by Gasteiger charge is 2.15. The molecule has 0 saturated carbocycles. The molecule has 1 atom stereocenters. The molecular formula is C13H20Cl2N2. The van der Waals surface area contributed by atoms with Crippen molar-refractivity contribution in [2.75, 3.05) is 19.6 Å². The van der Waals surface area contributed by atoms with Crippen LogP contribution >= 0.6 is 24.0 Å². The van der Waals surface area contributed by atoms with Crippen LogP contribution in [0.25, 0.3) is 0 Å². The smallest absolute Gasteiger partial charge is 0.0435 e. The maximum absolute atomic E-state index is 6.02. The third kappa shape index (κ3) is 4.14. The van der Waals surface area contributed by atoms with Crippen LogP contribution < -0.4 is 5.32 Å². The fourth-order valence-corrected chi connectivity index (χ4v) is 2.34. The zero-order chi connectivity index (χ0) is 11.5. The quantitative estimate of drug-likeness (QED) is 0.892. The van der Waals surface area contributed by atoms with Gasteiger partial charge in [0.2, 0.25) is 0 Å². The highest BCUT2D eigenvalue weighted by Crippen LogP contribution is 2.17. The van der Waals surface area contributed by atoms with Crippen molar-refractivity contribution in [3.8, 4) is 0 Å². The van der Waals surface area contributed by atoms with Crippen LogP contribution in [0, 0.1) is 6.92 Å². The number of rotatable bonds is 2. The van der Waals surface area contributed by atoms with Gasteiger partial charge >= 0.3 is 0 Å². The molecule has 1 saturated heterocycles. The van der Waals surface area contributed by atoms with E-state index in [1.165, 1.54) is 11.1 Å². The third-order valence-corrected chi connectivity index (χ3v) is 3.51. The highest BCUT2D eigenvalue weighted by molar-refractivity contribution is 6.31. The lowest BCUT2D eigenvalue weighted by Gasteiger charge is -2.31. The second-order valence-corrected chi connectivity index (χ2v) is 5.08. The first kappa shape index (κ1) is 14.8. The van der Waals surface area contributed by atoms with Gasteiger partial charge in [-0.2, -0.15) is 0 Å². The van der Waals surface area contributed by atoms with E-state index in [-0.39, 0.29) is 12.4 Å². The van der Waals surface area contributed by atoms with Crippen molar-refractivity contribution in [1.82, 2.24) is 10.2 Å². The van der Waals surface area contributed by atoms with Gasteiger partial charge in [-0.05, 0) is 31.0 Å². The van der Waals surface area contributed by atoms with E-state index in [2.05, 4.69) is 36.2 Å². The summed E-state index contributed by atoms with van der Waals surface area (Å²) in [5.41, 5.74) is 2.53. The molecule has 2 nitrogen and oxygen atoms in total. The largest absolute Gasteiger partial charge is 0.312 e. The molecule has 1 N–H and O–H groups in total. The average molecular weight is 275 g/mol. The monoisotopic (exact) mass is 274 g/mol. The number of piperazine rings is 1. The Morgan fingerprint density at radius 1 is 1.47 bits per heavy atom. The van der Waals surface area contributed by atoms with Gasteiger partial charge in [0.05, 0.1) is 0 Å². The normalized spacial score (nSPS) is 21.0. The molecule has 0 amide bonds. The van der Waals surface area contributed by atoms with Gasteiger partial charge in [0.25, 0.3) is 0 Å². The van der Waals surface area contributed by atoms with E-state index in [1.807, 2.05) is 6.07 Å². The Kier molecular flexibility index (Phi) is 5.74. The Balaban J connectivity index is 0.00000144. The lowest BCUT2D eigenvalue weighted by atomic mass is 10.1. The minimum Gasteiger partial charge on any atom is -0.312 e. The van der Waals surface area contributed by atoms with E-state index in [4.69, 9.17) is 11.6 Å². The number of hydrogen-bond donors (Lipinski definition) is 1. The van der Waals surface area contributed by atoms with Gasteiger partial charge < -0.3 is 5.32 Å². The van der Waals surface area contributed by atoms with Crippen LogP contribution in [0.4, 0.5) is 0 Å². The van der Waals surface area contributed by atoms with Crippen LogP contribution in [0.2, 0.25) is 5.02 Å². The molecule has 0 bridgehead atoms. The van der Waals surface area contributed by atoms with Crippen LogP contribution in [0.1, 0.15) is 18.1 Å². The Morgan fingerprint density at radius 2 is 2.24 bits per heavy atom. The predicted octanol–water partition coefficient (Wildman–Crippen LogP) is 2.86. The SMILES string of the molecule is Cc1cc(CN2CCNC(C)C2)ccc1Cl.Cl. The van der Waals surface area contributed by atoms with Crippen LogP contribution in [-0.4, -0.2) is 30.6 Å². The molecule has 1 heterocycles. The molecule has 1 aliphatic rings. The first-order valence-corrected chi connectivity index (χ1v) is 6.24. The summed E-state index contributed by atoms with van der Waals surface area (Å²) in [7, 11) is 0. The zero-order valence-corrected chi connectivity index (χ0v) is 11.9. The molecule has 0 radical (unpaired) electrons. The van der Waals surface area contributed by atoms with Crippen molar-refractivity contribution in [2.45, 2.75) is 26.4 Å². The van der Waals surface area contributed by atoms with Crippen LogP contribution in [0.3, 0.4) is 0 Å². The summed E-state index contributed by atoms with van der Waals surface area (Å²) in [5.74, 6) is 0. The first-order valence-electron chi connectivity index (χ1n) is 5.86. The minimum absolute atomic E-state index is 0. The molecule has 0 spiro atoms. The Morgan fingerprint density at radius 3 is 2.88 bits per heavy atom. The molecule has 4 heteroatoms. The molecule has 0 aromatic heterocycles. The molecule has 1 aromatic carbocycles. The second kappa shape index (κ2) is 6.60. The van der Waals surface area contributed by atoms with E-state index in [0.29, 0.717) is 6.04 Å². The third-order valence-electron chi connectivity index (χ3n) is 3.08. The van der Waals surface area contributed by atoms with Crippen LogP contribution in [0.5, 0.6) is 0 Å². The van der Waals surface area contributed by atoms with E-state index in [9.17, 15) is 0 Å². The number of halogens is 2. The fraction of sp³-hybridized carbons (Fsp3) is 0.538. The van der Waals surface area contributed by atoms with E-state index >= 15 is 0 Å². The summed E-state index contributed by atoms with van der Waals surface area (Å²) in [4.78, 5) is 2.49. The highest BCUT2D eigenvalue weighted by atomic mass is 35.5. The number of nitrogens with one attached hydrogen (secondary N) is 1. The summed E-state index contributed by atoms with van der Waals surface area (Å²) >= 11 is 6.02. The number of aryl methyl sites for hydroxylation is 1. The summed E-state index contributed by atoms with van der Waals surface area (Å²) in [6.45, 7) is 8.68. The van der Waals surface area contributed by atoms with Crippen LogP contribution in [-0.2, 0) is 6.54 Å². The number of hydrogen-bond acceptors (Lipinski definition) is 2. The molecule has 1 aliphatic heterocycles. The molecular weight excluding hydrogens is 255 g/mol. The second-order valence-electron chi connectivity index (χ2n) is 4.67. The summed E-state index contributed by atoms with van der Waals surface area (Å²) in [5, 5.41) is 4.31. The number of benzene rings is 1. The molecule has 2 rings (SSSR count). The molecule has 0 aliphatic carbocycles. The maximum atomic E-state index is 6.02. The standard InChI is InChI=1S/C13H19ClN2.ClH/c1-10-7-12(3-4-13(10)14)9-16-6-5-15-11(2)8-16;/h3-4,7,11,15H,5-6,8-9H2,1-2H3;1H. The Labute approximate surface area is 115 Å². The lowest BCUT2D eigenvalue weighted by Crippen LogP contribution is -2.48. The summed E-state index contributed by atoms with van der Waals surface area (Å²) in [6, 6.07) is 6.91. The predicted molar refractivity (Wildman–Crippen MR) is 76.2 cm³/mol. The molecule has 96 valence electrons. The van der Waals surface area contributed by atoms with E-state index < -0.39 is 0 Å². The van der Waals surface area contributed by atoms with E-state index in [0.717, 1.165) is 31.2 Å². The number of nitrogens with zero attached hydrogens (tertiary/aromatic N) is 1. The van der Waals surface area contributed by atoms with Gasteiger partial charge in [-0.1, -0.05) is 23.7 Å². The topological polar surface area (TPSA) is 15.3 Å². The van der Waals surface area contributed by atoms with Gasteiger partial charge in [0, 0.05) is 37.2 Å². The van der Waals surface area contributed by atoms with Crippen LogP contribution in [0.15, 0.2) is 18.2 Å². The van der Waals surface area contributed by atoms with Crippen molar-refractivity contribution in [3.05, 3.63) is 34.3 Å². The average Bonchev–Trinajstić information content (AvgIpc) is 2.24.